The maximum atomic E-state index is 4.35. The molecule has 2 heterocycles. The Bertz CT molecular complexity index is 818. The van der Waals surface area contributed by atoms with E-state index in [1.165, 1.54) is 0 Å². The molecule has 3 aromatic rings. The number of aryl methyl sites for hydroxylation is 2. The number of benzene rings is 1. The predicted octanol–water partition coefficient (Wildman–Crippen LogP) is 1.91. The Morgan fingerprint density at radius 3 is 2.61 bits per heavy atom. The molecule has 0 aliphatic rings. The van der Waals surface area contributed by atoms with Gasteiger partial charge in [-0.25, -0.2) is 20.1 Å². The Morgan fingerprint density at radius 1 is 1.13 bits per heavy atom. The number of nitrogens with zero attached hydrogens (tertiary/aromatic N) is 7. The van der Waals surface area contributed by atoms with Crippen LogP contribution in [-0.4, -0.2) is 35.9 Å². The van der Waals surface area contributed by atoms with Crippen LogP contribution in [0.2, 0.25) is 0 Å². The summed E-state index contributed by atoms with van der Waals surface area (Å²) in [6.45, 7) is 5.76. The van der Waals surface area contributed by atoms with E-state index < -0.39 is 0 Å². The molecule has 0 atom stereocenters. The number of hydrazone groups is 1. The fourth-order valence-corrected chi connectivity index (χ4v) is 2.13. The van der Waals surface area contributed by atoms with Crippen LogP contribution in [0.4, 0.5) is 5.95 Å². The van der Waals surface area contributed by atoms with E-state index in [1.54, 1.807) is 11.0 Å². The molecule has 0 spiro atoms. The number of aromatic nitrogens is 6. The first kappa shape index (κ1) is 14.8. The Kier molecular flexibility index (Phi) is 4.05. The van der Waals surface area contributed by atoms with Crippen molar-refractivity contribution in [2.24, 2.45) is 5.10 Å². The lowest BCUT2D eigenvalue weighted by atomic mass is 10.1. The molecule has 3 rings (SSSR count). The van der Waals surface area contributed by atoms with Crippen molar-refractivity contribution >= 4 is 11.7 Å². The lowest BCUT2D eigenvalue weighted by Crippen LogP contribution is -2.05. The second-order valence-electron chi connectivity index (χ2n) is 5.09. The first-order valence-electron chi connectivity index (χ1n) is 7.08. The Balaban J connectivity index is 1.82. The van der Waals surface area contributed by atoms with Crippen LogP contribution in [0.1, 0.15) is 23.9 Å². The minimum atomic E-state index is 0.485. The molecule has 2 aromatic heterocycles. The normalized spacial score (nSPS) is 11.5. The summed E-state index contributed by atoms with van der Waals surface area (Å²) >= 11 is 0. The number of tetrazole rings is 1. The van der Waals surface area contributed by atoms with E-state index in [0.29, 0.717) is 5.95 Å². The third-order valence-electron chi connectivity index (χ3n) is 3.18. The quantitative estimate of drug-likeness (QED) is 0.584. The van der Waals surface area contributed by atoms with Crippen LogP contribution in [0.5, 0.6) is 0 Å². The molecule has 8 nitrogen and oxygen atoms in total. The summed E-state index contributed by atoms with van der Waals surface area (Å²) in [5, 5.41) is 15.5. The first-order valence-corrected chi connectivity index (χ1v) is 7.08. The van der Waals surface area contributed by atoms with Crippen molar-refractivity contribution in [3.8, 4) is 5.69 Å². The standard InChI is InChI=1S/C15H16N8/c1-10-7-11(2)18-15(17-10)20-19-12(3)13-5-4-6-14(8-13)23-9-16-21-22-23/h4-9H,1-3H3,(H,17,18,20)/b19-12-. The zero-order valence-corrected chi connectivity index (χ0v) is 13.1. The van der Waals surface area contributed by atoms with Crippen LogP contribution in [0, 0.1) is 13.8 Å². The molecule has 0 unspecified atom stereocenters. The van der Waals surface area contributed by atoms with Gasteiger partial charge in [-0.2, -0.15) is 5.10 Å². The number of hydrogen-bond donors (Lipinski definition) is 1. The van der Waals surface area contributed by atoms with E-state index in [1.807, 2.05) is 51.1 Å². The van der Waals surface area contributed by atoms with E-state index in [0.717, 1.165) is 28.4 Å². The summed E-state index contributed by atoms with van der Waals surface area (Å²) in [5.74, 6) is 0.485. The number of hydrogen-bond acceptors (Lipinski definition) is 7. The van der Waals surface area contributed by atoms with Crippen LogP contribution in [-0.2, 0) is 0 Å². The van der Waals surface area contributed by atoms with Gasteiger partial charge in [0, 0.05) is 11.4 Å². The summed E-state index contributed by atoms with van der Waals surface area (Å²) in [7, 11) is 0. The smallest absolute Gasteiger partial charge is 0.243 e. The highest BCUT2D eigenvalue weighted by atomic mass is 15.5. The van der Waals surface area contributed by atoms with Crippen LogP contribution in [0.15, 0.2) is 41.8 Å². The topological polar surface area (TPSA) is 93.8 Å². The fourth-order valence-electron chi connectivity index (χ4n) is 2.13. The average molecular weight is 308 g/mol. The molecule has 116 valence electrons. The van der Waals surface area contributed by atoms with Gasteiger partial charge in [-0.1, -0.05) is 12.1 Å². The first-order chi connectivity index (χ1) is 11.1. The molecule has 0 aliphatic heterocycles. The van der Waals surface area contributed by atoms with Crippen LogP contribution in [0.25, 0.3) is 5.69 Å². The monoisotopic (exact) mass is 308 g/mol. The maximum absolute atomic E-state index is 4.35. The third kappa shape index (κ3) is 3.54. The molecule has 0 saturated heterocycles. The van der Waals surface area contributed by atoms with Crippen molar-refractivity contribution in [1.29, 1.82) is 0 Å². The fraction of sp³-hybridized carbons (Fsp3) is 0.200. The van der Waals surface area contributed by atoms with Crippen molar-refractivity contribution in [3.63, 3.8) is 0 Å². The molecule has 23 heavy (non-hydrogen) atoms. The minimum absolute atomic E-state index is 0.485. The second kappa shape index (κ2) is 6.30. The molecule has 1 N–H and O–H groups in total. The molecule has 0 bridgehead atoms. The Hall–Kier alpha value is -3.16. The highest BCUT2D eigenvalue weighted by Crippen LogP contribution is 2.10. The molecule has 8 heteroatoms. The van der Waals surface area contributed by atoms with Gasteiger partial charge in [0.05, 0.1) is 11.4 Å². The summed E-state index contributed by atoms with van der Waals surface area (Å²) in [4.78, 5) is 8.60. The van der Waals surface area contributed by atoms with Gasteiger partial charge in [0.25, 0.3) is 0 Å². The number of nitrogens with one attached hydrogen (secondary N) is 1. The van der Waals surface area contributed by atoms with Crippen LogP contribution in [0.3, 0.4) is 0 Å². The van der Waals surface area contributed by atoms with Crippen molar-refractivity contribution in [1.82, 2.24) is 30.2 Å². The molecule has 0 fully saturated rings. The predicted molar refractivity (Wildman–Crippen MR) is 86.5 cm³/mol. The SMILES string of the molecule is C/C(=N/Nc1nc(C)cc(C)n1)c1cccc(-n2cnnn2)c1. The van der Waals surface area contributed by atoms with Gasteiger partial charge in [0.1, 0.15) is 6.33 Å². The van der Waals surface area contributed by atoms with Gasteiger partial charge in [0.2, 0.25) is 5.95 Å². The largest absolute Gasteiger partial charge is 0.245 e. The zero-order valence-electron chi connectivity index (χ0n) is 13.1. The lowest BCUT2D eigenvalue weighted by Gasteiger charge is -2.06. The summed E-state index contributed by atoms with van der Waals surface area (Å²) in [6.07, 6.45) is 1.55. The second-order valence-corrected chi connectivity index (χ2v) is 5.09. The number of rotatable bonds is 4. The molecular formula is C15H16N8. The summed E-state index contributed by atoms with van der Waals surface area (Å²) in [5.41, 5.74) is 7.32. The van der Waals surface area contributed by atoms with Gasteiger partial charge in [0.15, 0.2) is 0 Å². The van der Waals surface area contributed by atoms with Crippen LogP contribution < -0.4 is 5.43 Å². The highest BCUT2D eigenvalue weighted by Gasteiger charge is 2.03. The molecule has 0 amide bonds. The Morgan fingerprint density at radius 2 is 1.91 bits per heavy atom. The highest BCUT2D eigenvalue weighted by molar-refractivity contribution is 5.99. The molecule has 0 saturated carbocycles. The molecule has 0 aliphatic carbocycles. The van der Waals surface area contributed by atoms with Crippen molar-refractivity contribution in [2.75, 3.05) is 5.43 Å². The van der Waals surface area contributed by atoms with E-state index in [9.17, 15) is 0 Å². The van der Waals surface area contributed by atoms with Crippen molar-refractivity contribution < 1.29 is 0 Å². The van der Waals surface area contributed by atoms with Gasteiger partial charge >= 0.3 is 0 Å². The van der Waals surface area contributed by atoms with Crippen molar-refractivity contribution in [2.45, 2.75) is 20.8 Å². The van der Waals surface area contributed by atoms with E-state index in [4.69, 9.17) is 0 Å². The van der Waals surface area contributed by atoms with Gasteiger partial charge in [-0.15, -0.1) is 5.10 Å². The van der Waals surface area contributed by atoms with E-state index in [-0.39, 0.29) is 0 Å². The molecule has 1 aromatic carbocycles. The average Bonchev–Trinajstić information content (AvgIpc) is 3.06. The zero-order chi connectivity index (χ0) is 16.2. The minimum Gasteiger partial charge on any atom is -0.245 e. The van der Waals surface area contributed by atoms with Gasteiger partial charge < -0.3 is 0 Å². The summed E-state index contributed by atoms with van der Waals surface area (Å²) < 4.78 is 1.59. The van der Waals surface area contributed by atoms with E-state index in [2.05, 4.69) is 36.0 Å². The van der Waals surface area contributed by atoms with Gasteiger partial charge in [-0.3, -0.25) is 0 Å². The molecular weight excluding hydrogens is 292 g/mol. The van der Waals surface area contributed by atoms with Crippen molar-refractivity contribution in [3.05, 3.63) is 53.6 Å². The molecule has 0 radical (unpaired) electrons. The summed E-state index contributed by atoms with van der Waals surface area (Å²) in [6, 6.07) is 9.69. The van der Waals surface area contributed by atoms with Crippen LogP contribution >= 0.6 is 0 Å². The lowest BCUT2D eigenvalue weighted by molar-refractivity contribution is 0.789. The third-order valence-corrected chi connectivity index (χ3v) is 3.18. The Labute approximate surface area is 133 Å². The number of anilines is 1. The maximum Gasteiger partial charge on any atom is 0.243 e. The van der Waals surface area contributed by atoms with Gasteiger partial charge in [-0.05, 0) is 55.0 Å². The van der Waals surface area contributed by atoms with E-state index >= 15 is 0 Å².